The lowest BCUT2D eigenvalue weighted by Gasteiger charge is -2.12. The molecule has 0 fully saturated rings. The van der Waals surface area contributed by atoms with Crippen LogP contribution < -0.4 is 10.6 Å². The Labute approximate surface area is 122 Å². The van der Waals surface area contributed by atoms with Crippen molar-refractivity contribution in [2.75, 3.05) is 10.6 Å². The number of aromatic hydroxyl groups is 1. The first-order chi connectivity index (χ1) is 9.88. The van der Waals surface area contributed by atoms with E-state index in [1.807, 2.05) is 0 Å². The number of benzene rings is 2. The lowest BCUT2D eigenvalue weighted by atomic mass is 10.2. The molecule has 0 bridgehead atoms. The van der Waals surface area contributed by atoms with Crippen molar-refractivity contribution in [3.05, 3.63) is 53.6 Å². The molecule has 2 aromatic carbocycles. The molecule has 3 N–H and O–H groups in total. The molecule has 0 heterocycles. The zero-order chi connectivity index (χ0) is 15.6. The summed E-state index contributed by atoms with van der Waals surface area (Å²) >= 11 is 4.84. The Balaban J connectivity index is 2.14. The highest BCUT2D eigenvalue weighted by Gasteiger charge is 2.13. The van der Waals surface area contributed by atoms with Crippen molar-refractivity contribution in [3.8, 4) is 5.75 Å². The van der Waals surface area contributed by atoms with Crippen molar-refractivity contribution in [2.24, 2.45) is 0 Å². The van der Waals surface area contributed by atoms with Crippen molar-refractivity contribution in [1.29, 1.82) is 0 Å². The molecule has 0 aliphatic heterocycles. The van der Waals surface area contributed by atoms with Gasteiger partial charge in [0.25, 0.3) is 0 Å². The van der Waals surface area contributed by atoms with Crippen molar-refractivity contribution in [2.45, 2.75) is 0 Å². The van der Waals surface area contributed by atoms with Gasteiger partial charge in [0, 0.05) is 6.07 Å². The molecular weight excluding hydrogens is 308 g/mol. The number of hydrogen-bond acceptors (Lipinski definition) is 2. The van der Waals surface area contributed by atoms with E-state index in [0.29, 0.717) is 6.07 Å². The smallest absolute Gasteiger partial charge is 0.202 e. The summed E-state index contributed by atoms with van der Waals surface area (Å²) in [6, 6.07) is 4.63. The predicted octanol–water partition coefficient (Wildman–Crippen LogP) is 3.76. The first kappa shape index (κ1) is 15.0. The third-order valence-corrected chi connectivity index (χ3v) is 2.70. The molecular formula is C13H8F4N2OS. The molecule has 0 aliphatic rings. The van der Waals surface area contributed by atoms with Crippen LogP contribution in [0.1, 0.15) is 0 Å². The summed E-state index contributed by atoms with van der Waals surface area (Å²) < 4.78 is 52.1. The van der Waals surface area contributed by atoms with Crippen molar-refractivity contribution >= 4 is 28.7 Å². The van der Waals surface area contributed by atoms with Crippen LogP contribution in [0, 0.1) is 23.3 Å². The zero-order valence-electron chi connectivity index (χ0n) is 10.3. The van der Waals surface area contributed by atoms with Crippen LogP contribution in [0.15, 0.2) is 30.3 Å². The second-order valence-corrected chi connectivity index (χ2v) is 4.37. The van der Waals surface area contributed by atoms with Gasteiger partial charge < -0.3 is 15.7 Å². The van der Waals surface area contributed by atoms with E-state index in [-0.39, 0.29) is 16.5 Å². The van der Waals surface area contributed by atoms with Gasteiger partial charge >= 0.3 is 0 Å². The minimum atomic E-state index is -1.43. The van der Waals surface area contributed by atoms with Crippen molar-refractivity contribution < 1.29 is 22.7 Å². The molecule has 3 nitrogen and oxygen atoms in total. The first-order valence-corrected chi connectivity index (χ1v) is 5.99. The van der Waals surface area contributed by atoms with E-state index in [4.69, 9.17) is 12.2 Å². The summed E-state index contributed by atoms with van der Waals surface area (Å²) in [4.78, 5) is 0. The van der Waals surface area contributed by atoms with Gasteiger partial charge in [-0.15, -0.1) is 0 Å². The van der Waals surface area contributed by atoms with Gasteiger partial charge in [-0.3, -0.25) is 0 Å². The van der Waals surface area contributed by atoms with Crippen LogP contribution in [0.25, 0.3) is 0 Å². The van der Waals surface area contributed by atoms with Crippen LogP contribution in [0.4, 0.5) is 28.9 Å². The second kappa shape index (κ2) is 5.96. The Morgan fingerprint density at radius 2 is 1.52 bits per heavy atom. The number of anilines is 2. The quantitative estimate of drug-likeness (QED) is 0.448. The number of halogens is 4. The fourth-order valence-electron chi connectivity index (χ4n) is 1.51. The zero-order valence-corrected chi connectivity index (χ0v) is 11.1. The minimum absolute atomic E-state index is 0.115. The molecule has 0 aromatic heterocycles. The second-order valence-electron chi connectivity index (χ2n) is 3.96. The molecule has 8 heteroatoms. The topological polar surface area (TPSA) is 44.3 Å². The number of nitrogens with one attached hydrogen (secondary N) is 2. The molecule has 0 saturated carbocycles. The van der Waals surface area contributed by atoms with Crippen LogP contribution >= 0.6 is 12.2 Å². The number of thiocarbonyl (C=S) groups is 1. The molecule has 2 rings (SSSR count). The van der Waals surface area contributed by atoms with Gasteiger partial charge in [-0.1, -0.05) is 0 Å². The number of hydrogen-bond donors (Lipinski definition) is 3. The molecule has 21 heavy (non-hydrogen) atoms. The molecule has 0 atom stereocenters. The number of rotatable bonds is 2. The molecule has 0 saturated heterocycles. The van der Waals surface area contributed by atoms with Crippen molar-refractivity contribution in [3.63, 3.8) is 0 Å². The minimum Gasteiger partial charge on any atom is -0.503 e. The van der Waals surface area contributed by atoms with Crippen LogP contribution in [-0.2, 0) is 0 Å². The van der Waals surface area contributed by atoms with Gasteiger partial charge in [0.05, 0.1) is 11.4 Å². The highest BCUT2D eigenvalue weighted by atomic mass is 32.1. The molecule has 110 valence electrons. The lowest BCUT2D eigenvalue weighted by molar-refractivity contribution is 0.409. The largest absolute Gasteiger partial charge is 0.503 e. The third-order valence-electron chi connectivity index (χ3n) is 2.50. The Bertz CT molecular complexity index is 709. The average Bonchev–Trinajstić information content (AvgIpc) is 2.43. The van der Waals surface area contributed by atoms with E-state index in [1.54, 1.807) is 0 Å². The summed E-state index contributed by atoms with van der Waals surface area (Å²) in [7, 11) is 0. The highest BCUT2D eigenvalue weighted by molar-refractivity contribution is 7.80. The SMILES string of the molecule is Oc1c(NC(=S)Nc2ccc(F)cc2F)ccc(F)c1F. The number of phenols is 1. The van der Waals surface area contributed by atoms with E-state index in [0.717, 1.165) is 24.3 Å². The third kappa shape index (κ3) is 3.40. The maximum atomic E-state index is 13.4. The van der Waals surface area contributed by atoms with Crippen molar-refractivity contribution in [1.82, 2.24) is 0 Å². The maximum absolute atomic E-state index is 13.4. The van der Waals surface area contributed by atoms with Crippen LogP contribution in [0.3, 0.4) is 0 Å². The van der Waals surface area contributed by atoms with Gasteiger partial charge in [-0.25, -0.2) is 13.2 Å². The fraction of sp³-hybridized carbons (Fsp3) is 0. The average molecular weight is 316 g/mol. The van der Waals surface area contributed by atoms with Crippen LogP contribution in [0.5, 0.6) is 5.75 Å². The highest BCUT2D eigenvalue weighted by Crippen LogP contribution is 2.28. The molecule has 0 unspecified atom stereocenters. The van der Waals surface area contributed by atoms with Gasteiger partial charge in [0.15, 0.2) is 16.7 Å². The summed E-state index contributed by atoms with van der Waals surface area (Å²) in [5, 5.41) is 14.0. The van der Waals surface area contributed by atoms with E-state index < -0.39 is 29.0 Å². The first-order valence-electron chi connectivity index (χ1n) is 5.58. The standard InChI is InChI=1S/C13H8F4N2OS/c14-6-1-3-9(8(16)5-6)18-13(21)19-10-4-2-7(15)11(17)12(10)20/h1-5,20H,(H2,18,19,21). The van der Waals surface area contributed by atoms with E-state index in [9.17, 15) is 22.7 Å². The molecule has 0 radical (unpaired) electrons. The molecule has 0 spiro atoms. The van der Waals surface area contributed by atoms with E-state index in [2.05, 4.69) is 10.6 Å². The summed E-state index contributed by atoms with van der Waals surface area (Å²) in [6.45, 7) is 0. The van der Waals surface area contributed by atoms with Crippen LogP contribution in [-0.4, -0.2) is 10.2 Å². The Kier molecular flexibility index (Phi) is 4.27. The summed E-state index contributed by atoms with van der Waals surface area (Å²) in [6.07, 6.45) is 0. The Morgan fingerprint density at radius 1 is 0.905 bits per heavy atom. The summed E-state index contributed by atoms with van der Waals surface area (Å²) in [5.41, 5.74) is -0.315. The van der Waals surface area contributed by atoms with Gasteiger partial charge in [-0.05, 0) is 36.5 Å². The monoisotopic (exact) mass is 316 g/mol. The number of phenolic OH excluding ortho intramolecular Hbond substituents is 1. The lowest BCUT2D eigenvalue weighted by Crippen LogP contribution is -2.20. The molecule has 0 aliphatic carbocycles. The fourth-order valence-corrected chi connectivity index (χ4v) is 1.73. The van der Waals surface area contributed by atoms with Crippen LogP contribution in [0.2, 0.25) is 0 Å². The van der Waals surface area contributed by atoms with E-state index >= 15 is 0 Å². The Morgan fingerprint density at radius 3 is 2.19 bits per heavy atom. The normalized spacial score (nSPS) is 10.3. The van der Waals surface area contributed by atoms with Gasteiger partial charge in [-0.2, -0.15) is 4.39 Å². The molecule has 2 aromatic rings. The molecule has 0 amide bonds. The van der Waals surface area contributed by atoms with Gasteiger partial charge in [0.1, 0.15) is 11.6 Å². The predicted molar refractivity (Wildman–Crippen MR) is 74.2 cm³/mol. The maximum Gasteiger partial charge on any atom is 0.202 e. The van der Waals surface area contributed by atoms with Gasteiger partial charge in [0.2, 0.25) is 5.82 Å². The Hall–Kier alpha value is -2.35. The summed E-state index contributed by atoms with van der Waals surface area (Å²) in [5.74, 6) is -5.25. The van der Waals surface area contributed by atoms with E-state index in [1.165, 1.54) is 0 Å².